The second-order valence-corrected chi connectivity index (χ2v) is 5.34. The largest absolute Gasteiger partial charge is 0.478 e. The first-order valence-electron chi connectivity index (χ1n) is 7.11. The molecule has 0 fully saturated rings. The Bertz CT molecular complexity index is 696. The molecule has 2 aromatic heterocycles. The molecule has 0 spiro atoms. The molecule has 2 aromatic rings. The van der Waals surface area contributed by atoms with Crippen LogP contribution in [0.25, 0.3) is 0 Å². The number of carboxylic acids is 1. The van der Waals surface area contributed by atoms with E-state index in [9.17, 15) is 9.59 Å². The Balaban J connectivity index is 1.62. The molecule has 1 aliphatic heterocycles. The van der Waals surface area contributed by atoms with Crippen LogP contribution in [0.4, 0.5) is 0 Å². The van der Waals surface area contributed by atoms with Crippen LogP contribution in [0.15, 0.2) is 30.7 Å². The molecule has 7 heteroatoms. The van der Waals surface area contributed by atoms with Crippen LogP contribution >= 0.6 is 0 Å². The number of carbonyl (C=O) groups is 2. The summed E-state index contributed by atoms with van der Waals surface area (Å²) in [6, 6.07) is 3.42. The summed E-state index contributed by atoms with van der Waals surface area (Å²) in [7, 11) is 0. The number of aromatic nitrogens is 3. The molecule has 1 amide bonds. The van der Waals surface area contributed by atoms with Crippen molar-refractivity contribution in [3.05, 3.63) is 47.5 Å². The number of aromatic carboxylic acids is 1. The number of pyridine rings is 1. The molecule has 0 saturated carbocycles. The van der Waals surface area contributed by atoms with Crippen LogP contribution in [-0.4, -0.2) is 38.3 Å². The van der Waals surface area contributed by atoms with E-state index in [4.69, 9.17) is 5.11 Å². The van der Waals surface area contributed by atoms with Crippen LogP contribution in [-0.2, 0) is 13.0 Å². The van der Waals surface area contributed by atoms with E-state index in [0.29, 0.717) is 25.1 Å². The van der Waals surface area contributed by atoms with Crippen molar-refractivity contribution in [2.75, 3.05) is 6.54 Å². The number of carbonyl (C=O) groups excluding carboxylic acids is 1. The fourth-order valence-electron chi connectivity index (χ4n) is 2.69. The molecule has 0 unspecified atom stereocenters. The van der Waals surface area contributed by atoms with Gasteiger partial charge < -0.3 is 10.4 Å². The number of nitrogens with one attached hydrogen (secondary N) is 1. The van der Waals surface area contributed by atoms with E-state index >= 15 is 0 Å². The summed E-state index contributed by atoms with van der Waals surface area (Å²) in [4.78, 5) is 27.1. The van der Waals surface area contributed by atoms with E-state index in [-0.39, 0.29) is 17.4 Å². The van der Waals surface area contributed by atoms with E-state index in [1.54, 1.807) is 23.0 Å². The summed E-state index contributed by atoms with van der Waals surface area (Å²) >= 11 is 0. The van der Waals surface area contributed by atoms with Crippen molar-refractivity contribution in [1.82, 2.24) is 20.1 Å². The number of hydrogen-bond acceptors (Lipinski definition) is 4. The van der Waals surface area contributed by atoms with Gasteiger partial charge in [-0.2, -0.15) is 5.10 Å². The Morgan fingerprint density at radius 3 is 3.00 bits per heavy atom. The molecule has 0 saturated heterocycles. The predicted octanol–water partition coefficient (Wildman–Crippen LogP) is 0.969. The molecule has 0 aliphatic carbocycles. The molecule has 7 nitrogen and oxygen atoms in total. The van der Waals surface area contributed by atoms with Gasteiger partial charge in [-0.3, -0.25) is 14.5 Å². The number of carboxylic acid groups (broad SMARTS) is 1. The highest BCUT2D eigenvalue weighted by molar-refractivity contribution is 5.93. The molecule has 3 rings (SSSR count). The molecule has 3 heterocycles. The molecule has 22 heavy (non-hydrogen) atoms. The van der Waals surface area contributed by atoms with Crippen molar-refractivity contribution in [1.29, 1.82) is 0 Å². The van der Waals surface area contributed by atoms with E-state index in [1.165, 1.54) is 12.4 Å². The lowest BCUT2D eigenvalue weighted by Gasteiger charge is -2.24. The van der Waals surface area contributed by atoms with Crippen LogP contribution in [0.5, 0.6) is 0 Å². The van der Waals surface area contributed by atoms with Gasteiger partial charge in [0.15, 0.2) is 0 Å². The third-order valence-electron chi connectivity index (χ3n) is 3.89. The van der Waals surface area contributed by atoms with Gasteiger partial charge in [0.25, 0.3) is 5.91 Å². The van der Waals surface area contributed by atoms with Crippen LogP contribution in [0.3, 0.4) is 0 Å². The van der Waals surface area contributed by atoms with Gasteiger partial charge in [-0.1, -0.05) is 0 Å². The Morgan fingerprint density at radius 1 is 1.41 bits per heavy atom. The van der Waals surface area contributed by atoms with Gasteiger partial charge in [0.2, 0.25) is 0 Å². The second-order valence-electron chi connectivity index (χ2n) is 5.34. The second kappa shape index (κ2) is 5.97. The van der Waals surface area contributed by atoms with Gasteiger partial charge in [0.05, 0.1) is 17.5 Å². The first-order valence-corrected chi connectivity index (χ1v) is 7.11. The van der Waals surface area contributed by atoms with Gasteiger partial charge >= 0.3 is 5.97 Å². The van der Waals surface area contributed by atoms with Crippen molar-refractivity contribution in [3.8, 4) is 0 Å². The van der Waals surface area contributed by atoms with Gasteiger partial charge in [0.1, 0.15) is 5.56 Å². The van der Waals surface area contributed by atoms with Crippen LogP contribution in [0, 0.1) is 5.92 Å². The Hall–Kier alpha value is -2.70. The minimum absolute atomic E-state index is 0.161. The van der Waals surface area contributed by atoms with Gasteiger partial charge in [-0.15, -0.1) is 0 Å². The molecule has 114 valence electrons. The summed E-state index contributed by atoms with van der Waals surface area (Å²) < 4.78 is 1.74. The average Bonchev–Trinajstić information content (AvgIpc) is 2.96. The van der Waals surface area contributed by atoms with Gasteiger partial charge in [-0.25, -0.2) is 4.79 Å². The highest BCUT2D eigenvalue weighted by Gasteiger charge is 2.25. The first kappa shape index (κ1) is 14.2. The van der Waals surface area contributed by atoms with Crippen LogP contribution in [0.1, 0.15) is 32.8 Å². The smallest absolute Gasteiger partial charge is 0.339 e. The molecule has 0 aromatic carbocycles. The third kappa shape index (κ3) is 2.83. The third-order valence-corrected chi connectivity index (χ3v) is 3.89. The Morgan fingerprint density at radius 2 is 2.27 bits per heavy atom. The SMILES string of the molecule is O=C(NC[C@H]1CCn2ncc(C(=O)O)c2C1)c1cccnc1. The minimum Gasteiger partial charge on any atom is -0.478 e. The molecule has 1 aliphatic rings. The van der Waals surface area contributed by atoms with Crippen LogP contribution in [0.2, 0.25) is 0 Å². The number of rotatable bonds is 4. The van der Waals surface area contributed by atoms with Crippen molar-refractivity contribution in [2.45, 2.75) is 19.4 Å². The Kier molecular flexibility index (Phi) is 3.86. The maximum Gasteiger partial charge on any atom is 0.339 e. The van der Waals surface area contributed by atoms with Crippen molar-refractivity contribution in [3.63, 3.8) is 0 Å². The van der Waals surface area contributed by atoms with E-state index < -0.39 is 5.97 Å². The highest BCUT2D eigenvalue weighted by Crippen LogP contribution is 2.22. The number of hydrogen-bond donors (Lipinski definition) is 2. The zero-order valence-electron chi connectivity index (χ0n) is 11.9. The summed E-state index contributed by atoms with van der Waals surface area (Å²) in [5.41, 5.74) is 1.51. The lowest BCUT2D eigenvalue weighted by atomic mass is 9.94. The van der Waals surface area contributed by atoms with E-state index in [0.717, 1.165) is 12.1 Å². The topological polar surface area (TPSA) is 97.1 Å². The molecular weight excluding hydrogens is 284 g/mol. The number of aryl methyl sites for hydroxylation is 1. The van der Waals surface area contributed by atoms with Crippen LogP contribution < -0.4 is 5.32 Å². The average molecular weight is 300 g/mol. The van der Waals surface area contributed by atoms with Crippen molar-refractivity contribution >= 4 is 11.9 Å². The molecule has 0 radical (unpaired) electrons. The zero-order valence-corrected chi connectivity index (χ0v) is 11.9. The normalized spacial score (nSPS) is 16.8. The fraction of sp³-hybridized carbons (Fsp3) is 0.333. The summed E-state index contributed by atoms with van der Waals surface area (Å²) in [5, 5.41) is 16.1. The maximum absolute atomic E-state index is 12.0. The van der Waals surface area contributed by atoms with Crippen molar-refractivity contribution in [2.24, 2.45) is 5.92 Å². The summed E-state index contributed by atoms with van der Waals surface area (Å²) in [6.07, 6.45) is 6.00. The van der Waals surface area contributed by atoms with E-state index in [1.807, 2.05) is 0 Å². The molecule has 0 bridgehead atoms. The first-order chi connectivity index (χ1) is 10.6. The molecular formula is C15H16N4O3. The predicted molar refractivity (Wildman–Crippen MR) is 77.6 cm³/mol. The number of nitrogens with zero attached hydrogens (tertiary/aromatic N) is 3. The van der Waals surface area contributed by atoms with E-state index in [2.05, 4.69) is 15.4 Å². The molecule has 2 N–H and O–H groups in total. The number of amides is 1. The summed E-state index contributed by atoms with van der Waals surface area (Å²) in [5.74, 6) is -0.908. The maximum atomic E-state index is 12.0. The lowest BCUT2D eigenvalue weighted by Crippen LogP contribution is -2.33. The summed E-state index contributed by atoms with van der Waals surface area (Å²) in [6.45, 7) is 1.19. The number of fused-ring (bicyclic) bond motifs is 1. The minimum atomic E-state index is -0.957. The van der Waals surface area contributed by atoms with Crippen molar-refractivity contribution < 1.29 is 14.7 Å². The molecule has 1 atom stereocenters. The quantitative estimate of drug-likeness (QED) is 0.877. The fourth-order valence-corrected chi connectivity index (χ4v) is 2.69. The Labute approximate surface area is 127 Å². The lowest BCUT2D eigenvalue weighted by molar-refractivity contribution is 0.0694. The van der Waals surface area contributed by atoms with Gasteiger partial charge in [-0.05, 0) is 30.9 Å². The van der Waals surface area contributed by atoms with Gasteiger partial charge in [0, 0.05) is 25.5 Å². The highest BCUT2D eigenvalue weighted by atomic mass is 16.4. The monoisotopic (exact) mass is 300 g/mol. The standard InChI is InChI=1S/C15H16N4O3/c20-14(11-2-1-4-16-8-11)17-7-10-3-5-19-13(6-10)12(9-18-19)15(21)22/h1-2,4,8-10H,3,5-7H2,(H,17,20)(H,21,22)/t10-/m0/s1. The zero-order chi connectivity index (χ0) is 15.5.